The summed E-state index contributed by atoms with van der Waals surface area (Å²) in [6.45, 7) is 5.34. The molecule has 0 saturated heterocycles. The van der Waals surface area contributed by atoms with Gasteiger partial charge in [-0.25, -0.2) is 0 Å². The van der Waals surface area contributed by atoms with E-state index in [0.29, 0.717) is 6.61 Å². The Morgan fingerprint density at radius 3 is 2.82 bits per heavy atom. The fraction of sp³-hybridized carbons (Fsp3) is 0.692. The highest BCUT2D eigenvalue weighted by molar-refractivity contribution is 5.76. The van der Waals surface area contributed by atoms with Crippen LogP contribution in [0.1, 0.15) is 40.0 Å². The Balaban J connectivity index is 2.73. The molecule has 0 heterocycles. The van der Waals surface area contributed by atoms with Gasteiger partial charge in [0.1, 0.15) is 6.10 Å². The predicted octanol–water partition coefficient (Wildman–Crippen LogP) is 2.23. The summed E-state index contributed by atoms with van der Waals surface area (Å²) in [6, 6.07) is 0. The maximum atomic E-state index is 11.7. The van der Waals surface area contributed by atoms with Gasteiger partial charge in [0.05, 0.1) is 12.5 Å². The zero-order valence-electron chi connectivity index (χ0n) is 10.7. The quantitative estimate of drug-likeness (QED) is 0.558. The van der Waals surface area contributed by atoms with Gasteiger partial charge in [0.2, 0.25) is 0 Å². The molecule has 2 atom stereocenters. The molecule has 1 aliphatic rings. The van der Waals surface area contributed by atoms with Crippen LogP contribution in [-0.2, 0) is 19.1 Å². The topological polar surface area (TPSA) is 52.6 Å². The molecule has 1 rings (SSSR count). The predicted molar refractivity (Wildman–Crippen MR) is 63.3 cm³/mol. The molecule has 0 fully saturated rings. The lowest BCUT2D eigenvalue weighted by molar-refractivity contribution is -0.150. The van der Waals surface area contributed by atoms with E-state index in [0.717, 1.165) is 24.8 Å². The lowest BCUT2D eigenvalue weighted by Gasteiger charge is -2.27. The fourth-order valence-electron chi connectivity index (χ4n) is 2.06. The van der Waals surface area contributed by atoms with Gasteiger partial charge in [-0.3, -0.25) is 9.59 Å². The lowest BCUT2D eigenvalue weighted by atomic mass is 9.88. The first kappa shape index (κ1) is 13.7. The molecule has 0 amide bonds. The SMILES string of the molecule is CCOC(=O)C(C)C1=CCCC[C@@H]1OC(C)=O. The zero-order chi connectivity index (χ0) is 12.8. The summed E-state index contributed by atoms with van der Waals surface area (Å²) in [5, 5.41) is 0. The summed E-state index contributed by atoms with van der Waals surface area (Å²) in [7, 11) is 0. The monoisotopic (exact) mass is 240 g/mol. The summed E-state index contributed by atoms with van der Waals surface area (Å²) in [6.07, 6.45) is 4.43. The van der Waals surface area contributed by atoms with E-state index < -0.39 is 0 Å². The molecular weight excluding hydrogens is 220 g/mol. The van der Waals surface area contributed by atoms with E-state index in [1.165, 1.54) is 6.92 Å². The molecule has 0 spiro atoms. The van der Waals surface area contributed by atoms with E-state index in [4.69, 9.17) is 9.47 Å². The lowest BCUT2D eigenvalue weighted by Crippen LogP contribution is -2.29. The van der Waals surface area contributed by atoms with Crippen molar-refractivity contribution < 1.29 is 19.1 Å². The van der Waals surface area contributed by atoms with E-state index in [-0.39, 0.29) is 24.0 Å². The number of allylic oxidation sites excluding steroid dienone is 1. The molecule has 0 aromatic rings. The van der Waals surface area contributed by atoms with Crippen molar-refractivity contribution in [3.8, 4) is 0 Å². The van der Waals surface area contributed by atoms with Crippen molar-refractivity contribution in [1.82, 2.24) is 0 Å². The van der Waals surface area contributed by atoms with Gasteiger partial charge < -0.3 is 9.47 Å². The molecule has 0 radical (unpaired) electrons. The van der Waals surface area contributed by atoms with Crippen molar-refractivity contribution >= 4 is 11.9 Å². The first-order chi connectivity index (χ1) is 8.06. The molecule has 0 aromatic carbocycles. The summed E-state index contributed by atoms with van der Waals surface area (Å²) in [5.74, 6) is -0.892. The van der Waals surface area contributed by atoms with Crippen LogP contribution in [0.25, 0.3) is 0 Å². The van der Waals surface area contributed by atoms with Gasteiger partial charge in [-0.15, -0.1) is 0 Å². The highest BCUT2D eigenvalue weighted by Crippen LogP contribution is 2.28. The van der Waals surface area contributed by atoms with Gasteiger partial charge in [-0.1, -0.05) is 6.08 Å². The minimum absolute atomic E-state index is 0.252. The Labute approximate surface area is 102 Å². The normalized spacial score (nSPS) is 21.4. The average molecular weight is 240 g/mol. The van der Waals surface area contributed by atoms with Gasteiger partial charge in [0.15, 0.2) is 0 Å². The maximum absolute atomic E-state index is 11.7. The second-order valence-electron chi connectivity index (χ2n) is 4.21. The molecule has 0 bridgehead atoms. The van der Waals surface area contributed by atoms with Gasteiger partial charge in [0, 0.05) is 6.92 Å². The smallest absolute Gasteiger partial charge is 0.312 e. The van der Waals surface area contributed by atoms with Crippen LogP contribution in [0.4, 0.5) is 0 Å². The van der Waals surface area contributed by atoms with Gasteiger partial charge in [-0.2, -0.15) is 0 Å². The number of carbonyl (C=O) groups excluding carboxylic acids is 2. The third-order valence-corrected chi connectivity index (χ3v) is 2.87. The van der Waals surface area contributed by atoms with Crippen molar-refractivity contribution in [2.75, 3.05) is 6.61 Å². The van der Waals surface area contributed by atoms with E-state index in [9.17, 15) is 9.59 Å². The second-order valence-corrected chi connectivity index (χ2v) is 4.21. The van der Waals surface area contributed by atoms with Crippen LogP contribution in [-0.4, -0.2) is 24.6 Å². The molecule has 0 saturated carbocycles. The Morgan fingerprint density at radius 1 is 1.53 bits per heavy atom. The summed E-state index contributed by atoms with van der Waals surface area (Å²) < 4.78 is 10.2. The van der Waals surface area contributed by atoms with E-state index in [2.05, 4.69) is 0 Å². The highest BCUT2D eigenvalue weighted by Gasteiger charge is 2.29. The summed E-state index contributed by atoms with van der Waals surface area (Å²) in [5.41, 5.74) is 0.880. The van der Waals surface area contributed by atoms with E-state index in [1.54, 1.807) is 13.8 Å². The van der Waals surface area contributed by atoms with Crippen LogP contribution in [0, 0.1) is 5.92 Å². The number of hydrogen-bond donors (Lipinski definition) is 0. The standard InChI is InChI=1S/C13H20O4/c1-4-16-13(15)9(2)11-7-5-6-8-12(11)17-10(3)14/h7,9,12H,4-6,8H2,1-3H3/t9?,12-/m0/s1. The molecule has 1 unspecified atom stereocenters. The molecule has 17 heavy (non-hydrogen) atoms. The number of ether oxygens (including phenoxy) is 2. The highest BCUT2D eigenvalue weighted by atomic mass is 16.5. The van der Waals surface area contributed by atoms with Crippen LogP contribution < -0.4 is 0 Å². The van der Waals surface area contributed by atoms with Crippen molar-refractivity contribution in [1.29, 1.82) is 0 Å². The first-order valence-corrected chi connectivity index (χ1v) is 6.10. The second kappa shape index (κ2) is 6.42. The number of esters is 2. The molecule has 0 aliphatic heterocycles. The molecular formula is C13H20O4. The Kier molecular flexibility index (Phi) is 5.19. The largest absolute Gasteiger partial charge is 0.466 e. The molecule has 4 heteroatoms. The molecule has 0 N–H and O–H groups in total. The fourth-order valence-corrected chi connectivity index (χ4v) is 2.06. The van der Waals surface area contributed by atoms with Crippen molar-refractivity contribution in [2.24, 2.45) is 5.92 Å². The van der Waals surface area contributed by atoms with Crippen molar-refractivity contribution in [3.63, 3.8) is 0 Å². The minimum Gasteiger partial charge on any atom is -0.466 e. The molecule has 0 aromatic heterocycles. The van der Waals surface area contributed by atoms with Crippen LogP contribution in [0.3, 0.4) is 0 Å². The van der Waals surface area contributed by atoms with Crippen molar-refractivity contribution in [3.05, 3.63) is 11.6 Å². The van der Waals surface area contributed by atoms with Crippen LogP contribution in [0.2, 0.25) is 0 Å². The van der Waals surface area contributed by atoms with Gasteiger partial charge >= 0.3 is 11.9 Å². The van der Waals surface area contributed by atoms with Crippen molar-refractivity contribution in [2.45, 2.75) is 46.1 Å². The van der Waals surface area contributed by atoms with Crippen LogP contribution >= 0.6 is 0 Å². The van der Waals surface area contributed by atoms with Gasteiger partial charge in [-0.05, 0) is 38.7 Å². The number of rotatable bonds is 4. The minimum atomic E-state index is -0.334. The number of hydrogen-bond acceptors (Lipinski definition) is 4. The zero-order valence-corrected chi connectivity index (χ0v) is 10.7. The Morgan fingerprint density at radius 2 is 2.24 bits per heavy atom. The number of carbonyl (C=O) groups is 2. The molecule has 96 valence electrons. The van der Waals surface area contributed by atoms with Crippen LogP contribution in [0.5, 0.6) is 0 Å². The third-order valence-electron chi connectivity index (χ3n) is 2.87. The van der Waals surface area contributed by atoms with Crippen LogP contribution in [0.15, 0.2) is 11.6 Å². The van der Waals surface area contributed by atoms with E-state index in [1.807, 2.05) is 6.08 Å². The summed E-state index contributed by atoms with van der Waals surface area (Å²) >= 11 is 0. The molecule has 1 aliphatic carbocycles. The first-order valence-electron chi connectivity index (χ1n) is 6.10. The van der Waals surface area contributed by atoms with Gasteiger partial charge in [0.25, 0.3) is 0 Å². The molecule has 4 nitrogen and oxygen atoms in total. The summed E-state index contributed by atoms with van der Waals surface area (Å²) in [4.78, 5) is 22.7. The third kappa shape index (κ3) is 3.88. The van der Waals surface area contributed by atoms with E-state index >= 15 is 0 Å². The Hall–Kier alpha value is -1.32. The average Bonchev–Trinajstić information content (AvgIpc) is 2.28. The maximum Gasteiger partial charge on any atom is 0.312 e. The Bertz CT molecular complexity index is 319.